The maximum absolute atomic E-state index is 5.50. The van der Waals surface area contributed by atoms with E-state index >= 15 is 0 Å². The van der Waals surface area contributed by atoms with Crippen LogP contribution in [-0.4, -0.2) is 30.1 Å². The first-order chi connectivity index (χ1) is 8.67. The number of hydrogen-bond donors (Lipinski definition) is 1. The van der Waals surface area contributed by atoms with Crippen molar-refractivity contribution >= 4 is 0 Å². The van der Waals surface area contributed by atoms with Crippen LogP contribution >= 0.6 is 0 Å². The zero-order valence-corrected chi connectivity index (χ0v) is 13.3. The Labute approximate surface area is 115 Å². The summed E-state index contributed by atoms with van der Waals surface area (Å²) in [6, 6.07) is 1.47. The number of rotatable bonds is 12. The molecule has 0 aliphatic heterocycles. The molecule has 0 amide bonds. The lowest BCUT2D eigenvalue weighted by molar-refractivity contribution is 0.143. The van der Waals surface area contributed by atoms with Crippen molar-refractivity contribution in [1.29, 1.82) is 0 Å². The van der Waals surface area contributed by atoms with Gasteiger partial charge >= 0.3 is 0 Å². The molecule has 0 aromatic heterocycles. The van der Waals surface area contributed by atoms with E-state index in [0.29, 0.717) is 0 Å². The summed E-state index contributed by atoms with van der Waals surface area (Å²) in [5.74, 6) is 0. The average molecular weight is 256 g/mol. The molecule has 0 fully saturated rings. The fourth-order valence-electron chi connectivity index (χ4n) is 2.49. The smallest absolute Gasteiger partial charge is 0.00671 e. The third-order valence-corrected chi connectivity index (χ3v) is 4.18. The molecule has 0 rings (SSSR count). The topological polar surface area (TPSA) is 29.3 Å². The molecule has 2 heteroatoms. The van der Waals surface area contributed by atoms with Gasteiger partial charge in [-0.1, -0.05) is 39.5 Å². The van der Waals surface area contributed by atoms with Gasteiger partial charge in [0.1, 0.15) is 0 Å². The van der Waals surface area contributed by atoms with E-state index in [1.54, 1.807) is 0 Å². The van der Waals surface area contributed by atoms with Crippen LogP contribution in [0.3, 0.4) is 0 Å². The van der Waals surface area contributed by atoms with Gasteiger partial charge in [-0.3, -0.25) is 4.90 Å². The standard InChI is InChI=1S/C16H36N2/c1-5-15(3)18(16(4)6-2)14-12-10-8-7-9-11-13-17/h15-16H,5-14,17H2,1-4H3. The number of nitrogens with zero attached hydrogens (tertiary/aromatic N) is 1. The summed E-state index contributed by atoms with van der Waals surface area (Å²) in [4.78, 5) is 2.69. The summed E-state index contributed by atoms with van der Waals surface area (Å²) in [5, 5.41) is 0. The van der Waals surface area contributed by atoms with Crippen molar-refractivity contribution < 1.29 is 0 Å². The largest absolute Gasteiger partial charge is 0.330 e. The molecule has 0 saturated heterocycles. The van der Waals surface area contributed by atoms with E-state index in [1.807, 2.05) is 0 Å². The lowest BCUT2D eigenvalue weighted by Crippen LogP contribution is -2.40. The summed E-state index contributed by atoms with van der Waals surface area (Å²) in [6.45, 7) is 11.5. The second kappa shape index (κ2) is 12.0. The van der Waals surface area contributed by atoms with Crippen LogP contribution in [0.5, 0.6) is 0 Å². The average Bonchev–Trinajstić information content (AvgIpc) is 2.40. The lowest BCUT2D eigenvalue weighted by Gasteiger charge is -2.33. The van der Waals surface area contributed by atoms with Crippen LogP contribution in [0.1, 0.15) is 79.1 Å². The summed E-state index contributed by atoms with van der Waals surface area (Å²) in [5.41, 5.74) is 5.50. The monoisotopic (exact) mass is 256 g/mol. The summed E-state index contributed by atoms with van der Waals surface area (Å²) >= 11 is 0. The van der Waals surface area contributed by atoms with Crippen LogP contribution in [0.15, 0.2) is 0 Å². The second-order valence-corrected chi connectivity index (χ2v) is 5.66. The van der Waals surface area contributed by atoms with Gasteiger partial charge in [0.05, 0.1) is 0 Å². The molecule has 18 heavy (non-hydrogen) atoms. The molecule has 0 aromatic carbocycles. The minimum absolute atomic E-state index is 0.734. The van der Waals surface area contributed by atoms with Gasteiger partial charge in [-0.25, -0.2) is 0 Å². The maximum atomic E-state index is 5.50. The van der Waals surface area contributed by atoms with Gasteiger partial charge in [-0.05, 0) is 52.6 Å². The fourth-order valence-corrected chi connectivity index (χ4v) is 2.49. The van der Waals surface area contributed by atoms with Gasteiger partial charge in [0.15, 0.2) is 0 Å². The molecular weight excluding hydrogens is 220 g/mol. The van der Waals surface area contributed by atoms with E-state index in [2.05, 4.69) is 32.6 Å². The Hall–Kier alpha value is -0.0800. The lowest BCUT2D eigenvalue weighted by atomic mass is 10.1. The van der Waals surface area contributed by atoms with Crippen LogP contribution in [0, 0.1) is 0 Å². The van der Waals surface area contributed by atoms with Gasteiger partial charge < -0.3 is 5.73 Å². The fraction of sp³-hybridized carbons (Fsp3) is 1.00. The predicted octanol–water partition coefficient (Wildman–Crippen LogP) is 4.18. The molecule has 0 radical (unpaired) electrons. The van der Waals surface area contributed by atoms with Crippen LogP contribution < -0.4 is 5.73 Å². The SMILES string of the molecule is CCC(C)N(CCCCCCCCN)C(C)CC. The molecule has 0 aliphatic rings. The van der Waals surface area contributed by atoms with E-state index in [4.69, 9.17) is 5.73 Å². The molecule has 0 bridgehead atoms. The summed E-state index contributed by atoms with van der Waals surface area (Å²) < 4.78 is 0. The van der Waals surface area contributed by atoms with Gasteiger partial charge in [-0.2, -0.15) is 0 Å². The molecule has 2 unspecified atom stereocenters. The Balaban J connectivity index is 3.70. The maximum Gasteiger partial charge on any atom is 0.00671 e. The second-order valence-electron chi connectivity index (χ2n) is 5.66. The first-order valence-corrected chi connectivity index (χ1v) is 8.13. The van der Waals surface area contributed by atoms with E-state index < -0.39 is 0 Å². The molecule has 0 spiro atoms. The number of unbranched alkanes of at least 4 members (excludes halogenated alkanes) is 5. The highest BCUT2D eigenvalue weighted by atomic mass is 15.2. The molecular formula is C16H36N2. The zero-order chi connectivity index (χ0) is 13.8. The minimum atomic E-state index is 0.734. The number of hydrogen-bond acceptors (Lipinski definition) is 2. The van der Waals surface area contributed by atoms with Crippen molar-refractivity contribution in [3.63, 3.8) is 0 Å². The quantitative estimate of drug-likeness (QED) is 0.531. The van der Waals surface area contributed by atoms with Crippen molar-refractivity contribution in [2.45, 2.75) is 91.1 Å². The first kappa shape index (κ1) is 17.9. The minimum Gasteiger partial charge on any atom is -0.330 e. The Kier molecular flexibility index (Phi) is 11.9. The highest BCUT2D eigenvalue weighted by molar-refractivity contribution is 4.71. The Morgan fingerprint density at radius 3 is 1.67 bits per heavy atom. The Morgan fingerprint density at radius 1 is 0.778 bits per heavy atom. The van der Waals surface area contributed by atoms with E-state index in [1.165, 1.54) is 57.9 Å². The first-order valence-electron chi connectivity index (χ1n) is 8.13. The molecule has 2 atom stereocenters. The van der Waals surface area contributed by atoms with Crippen LogP contribution in [-0.2, 0) is 0 Å². The Morgan fingerprint density at radius 2 is 1.22 bits per heavy atom. The van der Waals surface area contributed by atoms with Crippen molar-refractivity contribution in [2.75, 3.05) is 13.1 Å². The van der Waals surface area contributed by atoms with Crippen LogP contribution in [0.2, 0.25) is 0 Å². The number of nitrogens with two attached hydrogens (primary N) is 1. The molecule has 110 valence electrons. The van der Waals surface area contributed by atoms with Crippen molar-refractivity contribution in [3.8, 4) is 0 Å². The van der Waals surface area contributed by atoms with Crippen LogP contribution in [0.4, 0.5) is 0 Å². The molecule has 0 aliphatic carbocycles. The van der Waals surface area contributed by atoms with Gasteiger partial charge in [0.2, 0.25) is 0 Å². The summed E-state index contributed by atoms with van der Waals surface area (Å²) in [6.07, 6.45) is 10.5. The predicted molar refractivity (Wildman–Crippen MR) is 83.0 cm³/mol. The van der Waals surface area contributed by atoms with Crippen molar-refractivity contribution in [2.24, 2.45) is 5.73 Å². The van der Waals surface area contributed by atoms with Crippen molar-refractivity contribution in [3.05, 3.63) is 0 Å². The van der Waals surface area contributed by atoms with E-state index in [9.17, 15) is 0 Å². The molecule has 2 N–H and O–H groups in total. The van der Waals surface area contributed by atoms with E-state index in [-0.39, 0.29) is 0 Å². The third kappa shape index (κ3) is 8.10. The summed E-state index contributed by atoms with van der Waals surface area (Å²) in [7, 11) is 0. The third-order valence-electron chi connectivity index (χ3n) is 4.18. The molecule has 0 heterocycles. The van der Waals surface area contributed by atoms with Crippen molar-refractivity contribution in [1.82, 2.24) is 4.90 Å². The van der Waals surface area contributed by atoms with Gasteiger partial charge in [-0.15, -0.1) is 0 Å². The zero-order valence-electron chi connectivity index (χ0n) is 13.3. The molecule has 0 aromatic rings. The highest BCUT2D eigenvalue weighted by Crippen LogP contribution is 2.14. The van der Waals surface area contributed by atoms with E-state index in [0.717, 1.165) is 18.6 Å². The molecule has 0 saturated carbocycles. The van der Waals surface area contributed by atoms with Crippen LogP contribution in [0.25, 0.3) is 0 Å². The van der Waals surface area contributed by atoms with Gasteiger partial charge in [0.25, 0.3) is 0 Å². The van der Waals surface area contributed by atoms with Gasteiger partial charge in [0, 0.05) is 12.1 Å². The molecule has 2 nitrogen and oxygen atoms in total. The normalized spacial score (nSPS) is 15.0. The Bertz CT molecular complexity index is 160. The highest BCUT2D eigenvalue weighted by Gasteiger charge is 2.16.